The molecule has 0 bridgehead atoms. The number of likely N-dealkylation sites (tertiary alicyclic amines) is 1. The molecule has 2 N–H and O–H groups in total. The molecule has 3 rings (SSSR count). The average Bonchev–Trinajstić information content (AvgIpc) is 2.98. The van der Waals surface area contributed by atoms with Crippen molar-refractivity contribution in [3.63, 3.8) is 0 Å². The predicted molar refractivity (Wildman–Crippen MR) is 78.4 cm³/mol. The summed E-state index contributed by atoms with van der Waals surface area (Å²) in [5.74, 6) is 0.414. The Kier molecular flexibility index (Phi) is 3.37. The first kappa shape index (κ1) is 12.7. The van der Waals surface area contributed by atoms with Crippen molar-refractivity contribution in [2.45, 2.75) is 12.3 Å². The first-order valence-electron chi connectivity index (χ1n) is 6.80. The maximum atomic E-state index is 12.4. The van der Waals surface area contributed by atoms with Crippen molar-refractivity contribution in [2.24, 2.45) is 0 Å². The highest BCUT2D eigenvalue weighted by Crippen LogP contribution is 2.27. The zero-order valence-corrected chi connectivity index (χ0v) is 11.2. The Morgan fingerprint density at radius 1 is 1.20 bits per heavy atom. The zero-order chi connectivity index (χ0) is 13.9. The highest BCUT2D eigenvalue weighted by Gasteiger charge is 2.28. The van der Waals surface area contributed by atoms with Crippen molar-refractivity contribution in [3.05, 3.63) is 59.9 Å². The predicted octanol–water partition coefficient (Wildman–Crippen LogP) is 2.29. The third kappa shape index (κ3) is 2.50. The van der Waals surface area contributed by atoms with Gasteiger partial charge in [0, 0.05) is 19.0 Å². The van der Waals surface area contributed by atoms with Gasteiger partial charge in [0.05, 0.1) is 11.9 Å². The van der Waals surface area contributed by atoms with E-state index in [1.807, 2.05) is 23.1 Å². The minimum atomic E-state index is -0.0107. The molecule has 1 fully saturated rings. The molecule has 0 spiro atoms. The van der Waals surface area contributed by atoms with Crippen LogP contribution in [0.2, 0.25) is 0 Å². The molecule has 1 aromatic carbocycles. The van der Waals surface area contributed by atoms with E-state index in [-0.39, 0.29) is 5.91 Å². The number of rotatable bonds is 2. The van der Waals surface area contributed by atoms with Crippen LogP contribution in [0.4, 0.5) is 5.69 Å². The molecule has 1 saturated heterocycles. The summed E-state index contributed by atoms with van der Waals surface area (Å²) in [7, 11) is 0. The van der Waals surface area contributed by atoms with E-state index in [4.69, 9.17) is 5.73 Å². The van der Waals surface area contributed by atoms with Crippen LogP contribution in [0.25, 0.3) is 0 Å². The smallest absolute Gasteiger partial charge is 0.272 e. The molecule has 4 nitrogen and oxygen atoms in total. The second-order valence-electron chi connectivity index (χ2n) is 5.12. The molecular weight excluding hydrogens is 250 g/mol. The minimum Gasteiger partial charge on any atom is -0.397 e. The third-order valence-electron chi connectivity index (χ3n) is 3.75. The Balaban J connectivity index is 1.71. The monoisotopic (exact) mass is 267 g/mol. The van der Waals surface area contributed by atoms with Gasteiger partial charge in [-0.1, -0.05) is 30.3 Å². The number of hydrogen-bond donors (Lipinski definition) is 1. The number of carbonyl (C=O) groups is 1. The van der Waals surface area contributed by atoms with Crippen molar-refractivity contribution in [1.29, 1.82) is 0 Å². The zero-order valence-electron chi connectivity index (χ0n) is 11.2. The second-order valence-corrected chi connectivity index (χ2v) is 5.12. The number of benzene rings is 1. The van der Waals surface area contributed by atoms with E-state index in [0.29, 0.717) is 17.3 Å². The molecule has 0 aliphatic carbocycles. The van der Waals surface area contributed by atoms with E-state index in [1.54, 1.807) is 12.1 Å². The molecule has 1 atom stereocenters. The lowest BCUT2D eigenvalue weighted by Crippen LogP contribution is -2.29. The largest absolute Gasteiger partial charge is 0.397 e. The molecule has 0 radical (unpaired) electrons. The number of carbonyl (C=O) groups excluding carboxylic acids is 1. The summed E-state index contributed by atoms with van der Waals surface area (Å²) in [5, 5.41) is 0. The van der Waals surface area contributed by atoms with E-state index in [9.17, 15) is 4.79 Å². The van der Waals surface area contributed by atoms with Crippen LogP contribution in [-0.4, -0.2) is 28.9 Å². The summed E-state index contributed by atoms with van der Waals surface area (Å²) in [6, 6.07) is 13.8. The molecule has 1 aliphatic rings. The highest BCUT2D eigenvalue weighted by atomic mass is 16.2. The molecular formula is C16H17N3O. The van der Waals surface area contributed by atoms with Crippen LogP contribution in [-0.2, 0) is 0 Å². The fraction of sp³-hybridized carbons (Fsp3) is 0.250. The maximum absolute atomic E-state index is 12.4. The summed E-state index contributed by atoms with van der Waals surface area (Å²) in [6.07, 6.45) is 2.53. The Morgan fingerprint density at radius 2 is 2.00 bits per heavy atom. The topological polar surface area (TPSA) is 59.2 Å². The van der Waals surface area contributed by atoms with Crippen LogP contribution in [0.3, 0.4) is 0 Å². The van der Waals surface area contributed by atoms with Gasteiger partial charge in [-0.25, -0.2) is 4.98 Å². The minimum absolute atomic E-state index is 0.0107. The number of nitrogens with two attached hydrogens (primary N) is 1. The molecule has 4 heteroatoms. The van der Waals surface area contributed by atoms with Crippen LogP contribution in [0.5, 0.6) is 0 Å². The molecule has 1 aromatic heterocycles. The number of nitrogen functional groups attached to an aromatic ring is 1. The van der Waals surface area contributed by atoms with Gasteiger partial charge in [-0.15, -0.1) is 0 Å². The third-order valence-corrected chi connectivity index (χ3v) is 3.75. The standard InChI is InChI=1S/C16H17N3O/c17-14-6-7-15(18-10-14)16(20)19-9-8-13(11-19)12-4-2-1-3-5-12/h1-7,10,13H,8-9,11,17H2. The molecule has 1 unspecified atom stereocenters. The second kappa shape index (κ2) is 5.33. The highest BCUT2D eigenvalue weighted by molar-refractivity contribution is 5.92. The van der Waals surface area contributed by atoms with E-state index in [0.717, 1.165) is 19.5 Å². The molecule has 20 heavy (non-hydrogen) atoms. The normalized spacial score (nSPS) is 18.2. The maximum Gasteiger partial charge on any atom is 0.272 e. The van der Waals surface area contributed by atoms with E-state index in [1.165, 1.54) is 11.8 Å². The summed E-state index contributed by atoms with van der Waals surface area (Å²) >= 11 is 0. The van der Waals surface area contributed by atoms with Gasteiger partial charge in [-0.2, -0.15) is 0 Å². The Hall–Kier alpha value is -2.36. The van der Waals surface area contributed by atoms with Gasteiger partial charge < -0.3 is 10.6 Å². The SMILES string of the molecule is Nc1ccc(C(=O)N2CCC(c3ccccc3)C2)nc1. The average molecular weight is 267 g/mol. The first-order chi connectivity index (χ1) is 9.74. The van der Waals surface area contributed by atoms with Gasteiger partial charge in [0.2, 0.25) is 0 Å². The van der Waals surface area contributed by atoms with Crippen molar-refractivity contribution < 1.29 is 4.79 Å². The molecule has 2 aromatic rings. The number of aromatic nitrogens is 1. The summed E-state index contributed by atoms with van der Waals surface area (Å²) in [6.45, 7) is 1.54. The van der Waals surface area contributed by atoms with Gasteiger partial charge in [-0.3, -0.25) is 4.79 Å². The van der Waals surface area contributed by atoms with Crippen molar-refractivity contribution in [3.8, 4) is 0 Å². The quantitative estimate of drug-likeness (QED) is 0.908. The summed E-state index contributed by atoms with van der Waals surface area (Å²) in [4.78, 5) is 18.3. The van der Waals surface area contributed by atoms with E-state index >= 15 is 0 Å². The van der Waals surface area contributed by atoms with Gasteiger partial charge in [0.1, 0.15) is 5.69 Å². The van der Waals surface area contributed by atoms with E-state index in [2.05, 4.69) is 17.1 Å². The summed E-state index contributed by atoms with van der Waals surface area (Å²) in [5.41, 5.74) is 7.93. The van der Waals surface area contributed by atoms with E-state index < -0.39 is 0 Å². The van der Waals surface area contributed by atoms with Crippen LogP contribution < -0.4 is 5.73 Å². The Morgan fingerprint density at radius 3 is 2.70 bits per heavy atom. The molecule has 2 heterocycles. The number of amides is 1. The summed E-state index contributed by atoms with van der Waals surface area (Å²) < 4.78 is 0. The van der Waals surface area contributed by atoms with Crippen LogP contribution in [0.1, 0.15) is 28.4 Å². The number of anilines is 1. The lowest BCUT2D eigenvalue weighted by Gasteiger charge is -2.16. The molecule has 102 valence electrons. The first-order valence-corrected chi connectivity index (χ1v) is 6.80. The lowest BCUT2D eigenvalue weighted by atomic mass is 9.99. The molecule has 1 amide bonds. The number of pyridine rings is 1. The fourth-order valence-corrected chi connectivity index (χ4v) is 2.64. The Bertz CT molecular complexity index is 595. The number of nitrogens with zero attached hydrogens (tertiary/aromatic N) is 2. The van der Waals surface area contributed by atoms with Crippen molar-refractivity contribution >= 4 is 11.6 Å². The Labute approximate surface area is 118 Å². The van der Waals surface area contributed by atoms with Crippen LogP contribution in [0.15, 0.2) is 48.7 Å². The number of hydrogen-bond acceptors (Lipinski definition) is 3. The van der Waals surface area contributed by atoms with Gasteiger partial charge in [0.25, 0.3) is 5.91 Å². The lowest BCUT2D eigenvalue weighted by molar-refractivity contribution is 0.0785. The van der Waals surface area contributed by atoms with Crippen LogP contribution in [0, 0.1) is 0 Å². The fourth-order valence-electron chi connectivity index (χ4n) is 2.64. The van der Waals surface area contributed by atoms with Gasteiger partial charge in [0.15, 0.2) is 0 Å². The van der Waals surface area contributed by atoms with Crippen molar-refractivity contribution in [2.75, 3.05) is 18.8 Å². The van der Waals surface area contributed by atoms with Crippen molar-refractivity contribution in [1.82, 2.24) is 9.88 Å². The molecule has 0 saturated carbocycles. The molecule has 1 aliphatic heterocycles. The van der Waals surface area contributed by atoms with Gasteiger partial charge >= 0.3 is 0 Å². The van der Waals surface area contributed by atoms with Gasteiger partial charge in [-0.05, 0) is 24.1 Å². The van der Waals surface area contributed by atoms with Crippen LogP contribution >= 0.6 is 0 Å².